The zero-order valence-corrected chi connectivity index (χ0v) is 17.3. The molecule has 1 aromatic heterocycles. The monoisotopic (exact) mass is 431 g/mol. The first-order valence-electron chi connectivity index (χ1n) is 9.42. The van der Waals surface area contributed by atoms with Crippen LogP contribution in [0.4, 0.5) is 0 Å². The minimum atomic E-state index is -0.388. The van der Waals surface area contributed by atoms with E-state index in [9.17, 15) is 9.90 Å². The van der Waals surface area contributed by atoms with Gasteiger partial charge in [-0.2, -0.15) is 5.10 Å². The lowest BCUT2D eigenvalue weighted by Crippen LogP contribution is -2.18. The lowest BCUT2D eigenvalue weighted by molar-refractivity contribution is 0.0956. The topological polar surface area (TPSA) is 83.8 Å². The van der Waals surface area contributed by atoms with E-state index in [2.05, 4.69) is 15.5 Å². The minimum Gasteiger partial charge on any atom is -0.504 e. The van der Waals surface area contributed by atoms with Gasteiger partial charge >= 0.3 is 0 Å². The van der Waals surface area contributed by atoms with E-state index in [0.29, 0.717) is 38.5 Å². The number of hydrogen-bond acceptors (Lipinski definition) is 5. The van der Waals surface area contributed by atoms with E-state index < -0.39 is 0 Å². The predicted octanol–water partition coefficient (Wildman–Crippen LogP) is 5.03. The van der Waals surface area contributed by atoms with Gasteiger partial charge in [0.05, 0.1) is 30.1 Å². The standard InChI is InChI=1S/C24H18ClN3O3/c1-31-23-11-10-15(12-22(23)29)14-26-28-24(30)18-13-21(17-7-2-4-8-19(17)25)27-20-9-5-3-6-16(18)20/h2-14,29H,1H3,(H,28,30)/b26-14-. The van der Waals surface area contributed by atoms with Gasteiger partial charge in [-0.25, -0.2) is 10.4 Å². The lowest BCUT2D eigenvalue weighted by Gasteiger charge is -2.10. The van der Waals surface area contributed by atoms with Crippen LogP contribution < -0.4 is 10.2 Å². The molecular weight excluding hydrogens is 414 g/mol. The first-order chi connectivity index (χ1) is 15.1. The second-order valence-electron chi connectivity index (χ2n) is 6.68. The highest BCUT2D eigenvalue weighted by Crippen LogP contribution is 2.30. The molecule has 0 bridgehead atoms. The molecule has 0 saturated carbocycles. The molecule has 4 rings (SSSR count). The smallest absolute Gasteiger partial charge is 0.272 e. The summed E-state index contributed by atoms with van der Waals surface area (Å²) < 4.78 is 5.02. The highest BCUT2D eigenvalue weighted by Gasteiger charge is 2.14. The molecule has 6 nitrogen and oxygen atoms in total. The molecule has 0 aliphatic heterocycles. The summed E-state index contributed by atoms with van der Waals surface area (Å²) in [6.45, 7) is 0. The van der Waals surface area contributed by atoms with Crippen LogP contribution in [-0.4, -0.2) is 29.3 Å². The third-order valence-corrected chi connectivity index (χ3v) is 5.02. The van der Waals surface area contributed by atoms with E-state index in [0.717, 1.165) is 5.56 Å². The largest absolute Gasteiger partial charge is 0.504 e. The fourth-order valence-electron chi connectivity index (χ4n) is 3.18. The highest BCUT2D eigenvalue weighted by atomic mass is 35.5. The van der Waals surface area contributed by atoms with Gasteiger partial charge in [-0.15, -0.1) is 0 Å². The molecule has 154 valence electrons. The lowest BCUT2D eigenvalue weighted by atomic mass is 10.0. The second kappa shape index (κ2) is 8.85. The van der Waals surface area contributed by atoms with Gasteiger partial charge in [0.2, 0.25) is 0 Å². The SMILES string of the molecule is COc1ccc(/C=N\NC(=O)c2cc(-c3ccccc3Cl)nc3ccccc23)cc1O. The van der Waals surface area contributed by atoms with Gasteiger partial charge in [0.25, 0.3) is 5.91 Å². The predicted molar refractivity (Wildman–Crippen MR) is 122 cm³/mol. The zero-order valence-electron chi connectivity index (χ0n) is 16.5. The molecule has 0 saturated heterocycles. The Balaban J connectivity index is 1.66. The van der Waals surface area contributed by atoms with Crippen molar-refractivity contribution in [1.82, 2.24) is 10.4 Å². The number of pyridine rings is 1. The van der Waals surface area contributed by atoms with Gasteiger partial charge in [0.1, 0.15) is 0 Å². The van der Waals surface area contributed by atoms with Crippen LogP contribution in [0.1, 0.15) is 15.9 Å². The number of phenolic OH excluding ortho intramolecular Hbond substituents is 1. The number of nitrogens with one attached hydrogen (secondary N) is 1. The zero-order chi connectivity index (χ0) is 21.8. The van der Waals surface area contributed by atoms with Crippen molar-refractivity contribution < 1.29 is 14.6 Å². The minimum absolute atomic E-state index is 0.0118. The van der Waals surface area contributed by atoms with Gasteiger partial charge in [-0.1, -0.05) is 48.0 Å². The van der Waals surface area contributed by atoms with Crippen molar-refractivity contribution in [2.24, 2.45) is 5.10 Å². The Kier molecular flexibility index (Phi) is 5.82. The van der Waals surface area contributed by atoms with Crippen LogP contribution in [0.5, 0.6) is 11.5 Å². The number of hydrogen-bond donors (Lipinski definition) is 2. The number of methoxy groups -OCH3 is 1. The Bertz CT molecular complexity index is 1300. The number of phenols is 1. The third kappa shape index (κ3) is 4.34. The fraction of sp³-hybridized carbons (Fsp3) is 0.0417. The number of hydrazone groups is 1. The quantitative estimate of drug-likeness (QED) is 0.343. The van der Waals surface area contributed by atoms with Crippen LogP contribution in [0.2, 0.25) is 5.02 Å². The summed E-state index contributed by atoms with van der Waals surface area (Å²) >= 11 is 6.33. The van der Waals surface area contributed by atoms with Crippen LogP contribution in [0.3, 0.4) is 0 Å². The molecule has 4 aromatic rings. The Labute approximate surface area is 183 Å². The molecule has 2 N–H and O–H groups in total. The number of aromatic nitrogens is 1. The van der Waals surface area contributed by atoms with Gasteiger partial charge in [-0.05, 0) is 42.0 Å². The fourth-order valence-corrected chi connectivity index (χ4v) is 3.42. The third-order valence-electron chi connectivity index (χ3n) is 4.69. The number of carbonyl (C=O) groups is 1. The molecule has 3 aromatic carbocycles. The maximum absolute atomic E-state index is 12.9. The van der Waals surface area contributed by atoms with Gasteiger partial charge in [0.15, 0.2) is 11.5 Å². The molecule has 0 aliphatic carbocycles. The molecule has 0 unspecified atom stereocenters. The number of para-hydroxylation sites is 1. The number of benzene rings is 3. The molecular formula is C24H18ClN3O3. The summed E-state index contributed by atoms with van der Waals surface area (Å²) in [5.74, 6) is -0.0419. The van der Waals surface area contributed by atoms with E-state index in [1.54, 1.807) is 24.3 Å². The Morgan fingerprint density at radius 3 is 2.65 bits per heavy atom. The number of carbonyl (C=O) groups excluding carboxylic acids is 1. The van der Waals surface area contributed by atoms with Gasteiger partial charge < -0.3 is 9.84 Å². The molecule has 0 atom stereocenters. The molecule has 7 heteroatoms. The Morgan fingerprint density at radius 2 is 1.87 bits per heavy atom. The molecule has 1 heterocycles. The normalized spacial score (nSPS) is 11.0. The Morgan fingerprint density at radius 1 is 1.10 bits per heavy atom. The first kappa shape index (κ1) is 20.4. The van der Waals surface area contributed by atoms with Crippen molar-refractivity contribution in [3.05, 3.63) is 88.9 Å². The first-order valence-corrected chi connectivity index (χ1v) is 9.79. The summed E-state index contributed by atoms with van der Waals surface area (Å²) in [4.78, 5) is 17.6. The van der Waals surface area contributed by atoms with E-state index in [4.69, 9.17) is 16.3 Å². The molecule has 0 spiro atoms. The van der Waals surface area contributed by atoms with E-state index in [1.807, 2.05) is 42.5 Å². The molecule has 1 amide bonds. The second-order valence-corrected chi connectivity index (χ2v) is 7.09. The van der Waals surface area contributed by atoms with Crippen molar-refractivity contribution in [1.29, 1.82) is 0 Å². The van der Waals surface area contributed by atoms with Crippen molar-refractivity contribution in [3.8, 4) is 22.8 Å². The van der Waals surface area contributed by atoms with Crippen LogP contribution in [0.25, 0.3) is 22.2 Å². The van der Waals surface area contributed by atoms with Crippen molar-refractivity contribution in [3.63, 3.8) is 0 Å². The van der Waals surface area contributed by atoms with Crippen LogP contribution in [-0.2, 0) is 0 Å². The summed E-state index contributed by atoms with van der Waals surface area (Å²) in [7, 11) is 1.47. The van der Waals surface area contributed by atoms with Crippen molar-refractivity contribution in [2.45, 2.75) is 0 Å². The van der Waals surface area contributed by atoms with E-state index >= 15 is 0 Å². The average molecular weight is 432 g/mol. The number of nitrogens with zero attached hydrogens (tertiary/aromatic N) is 2. The molecule has 0 radical (unpaired) electrons. The molecule has 0 fully saturated rings. The van der Waals surface area contributed by atoms with Crippen molar-refractivity contribution in [2.75, 3.05) is 7.11 Å². The van der Waals surface area contributed by atoms with Gasteiger partial charge in [0, 0.05) is 16.0 Å². The van der Waals surface area contributed by atoms with E-state index in [1.165, 1.54) is 19.4 Å². The summed E-state index contributed by atoms with van der Waals surface area (Å²) in [6.07, 6.45) is 1.44. The maximum Gasteiger partial charge on any atom is 0.272 e. The maximum atomic E-state index is 12.9. The van der Waals surface area contributed by atoms with Crippen LogP contribution >= 0.6 is 11.6 Å². The number of halogens is 1. The average Bonchev–Trinajstić information content (AvgIpc) is 2.78. The number of amides is 1. The van der Waals surface area contributed by atoms with Crippen LogP contribution in [0.15, 0.2) is 77.9 Å². The Hall–Kier alpha value is -3.90. The molecule has 31 heavy (non-hydrogen) atoms. The number of rotatable bonds is 5. The van der Waals surface area contributed by atoms with Crippen LogP contribution in [0, 0.1) is 0 Å². The summed E-state index contributed by atoms with van der Waals surface area (Å²) in [6, 6.07) is 21.3. The summed E-state index contributed by atoms with van der Waals surface area (Å²) in [5, 5.41) is 15.1. The molecule has 0 aliphatic rings. The number of aromatic hydroxyl groups is 1. The highest BCUT2D eigenvalue weighted by molar-refractivity contribution is 6.33. The number of fused-ring (bicyclic) bond motifs is 1. The van der Waals surface area contributed by atoms with Gasteiger partial charge in [-0.3, -0.25) is 4.79 Å². The summed E-state index contributed by atoms with van der Waals surface area (Å²) in [5.41, 5.74) is 5.58. The number of ether oxygens (including phenoxy) is 1. The van der Waals surface area contributed by atoms with E-state index in [-0.39, 0.29) is 11.7 Å². The van der Waals surface area contributed by atoms with Crippen molar-refractivity contribution >= 4 is 34.6 Å².